The second kappa shape index (κ2) is 6.39. The van der Waals surface area contributed by atoms with Crippen molar-refractivity contribution in [2.45, 2.75) is 19.9 Å². The summed E-state index contributed by atoms with van der Waals surface area (Å²) in [6.45, 7) is 4.04. The van der Waals surface area contributed by atoms with Crippen molar-refractivity contribution in [2.75, 3.05) is 17.3 Å². The Balaban J connectivity index is 2.29. The minimum absolute atomic E-state index is 0.134. The van der Waals surface area contributed by atoms with Crippen LogP contribution in [0.1, 0.15) is 24.2 Å². The summed E-state index contributed by atoms with van der Waals surface area (Å²) in [4.78, 5) is 14.1. The molecule has 0 heterocycles. The normalized spacial score (nSPS) is 10.5. The van der Waals surface area contributed by atoms with Gasteiger partial charge in [0.05, 0.1) is 5.56 Å². The zero-order valence-electron chi connectivity index (χ0n) is 12.4. The fourth-order valence-corrected chi connectivity index (χ4v) is 2.07. The van der Waals surface area contributed by atoms with Gasteiger partial charge in [-0.1, -0.05) is 12.1 Å². The number of rotatable bonds is 4. The lowest BCUT2D eigenvalue weighted by atomic mass is 10.1. The van der Waals surface area contributed by atoms with Gasteiger partial charge in [-0.15, -0.1) is 0 Å². The standard InChI is InChI=1S/C17H19FN2O/c1-12(2)19-16-7-5-4-6-15(16)17(21)20(3)14-10-8-13(18)9-11-14/h4-12,19H,1-3H3. The molecule has 3 nitrogen and oxygen atoms in total. The Hall–Kier alpha value is -2.36. The van der Waals surface area contributed by atoms with Gasteiger partial charge in [-0.05, 0) is 50.2 Å². The Morgan fingerprint density at radius 3 is 2.33 bits per heavy atom. The lowest BCUT2D eigenvalue weighted by Gasteiger charge is -2.20. The number of hydrogen-bond donors (Lipinski definition) is 1. The average Bonchev–Trinajstić information content (AvgIpc) is 2.46. The van der Waals surface area contributed by atoms with E-state index in [9.17, 15) is 9.18 Å². The van der Waals surface area contributed by atoms with Crippen molar-refractivity contribution in [1.29, 1.82) is 0 Å². The van der Waals surface area contributed by atoms with Crippen LogP contribution in [0.15, 0.2) is 48.5 Å². The molecule has 0 saturated heterocycles. The van der Waals surface area contributed by atoms with Gasteiger partial charge < -0.3 is 10.2 Å². The second-order valence-electron chi connectivity index (χ2n) is 5.19. The van der Waals surface area contributed by atoms with Gasteiger partial charge in [-0.2, -0.15) is 0 Å². The first-order chi connectivity index (χ1) is 9.99. The topological polar surface area (TPSA) is 32.3 Å². The summed E-state index contributed by atoms with van der Waals surface area (Å²) in [6, 6.07) is 13.5. The minimum Gasteiger partial charge on any atom is -0.382 e. The largest absolute Gasteiger partial charge is 0.382 e. The van der Waals surface area contributed by atoms with E-state index in [0.717, 1.165) is 5.69 Å². The number of nitrogens with zero attached hydrogens (tertiary/aromatic N) is 1. The quantitative estimate of drug-likeness (QED) is 0.923. The highest BCUT2D eigenvalue weighted by Crippen LogP contribution is 2.21. The van der Waals surface area contributed by atoms with Crippen LogP contribution >= 0.6 is 0 Å². The summed E-state index contributed by atoms with van der Waals surface area (Å²) < 4.78 is 13.0. The van der Waals surface area contributed by atoms with Gasteiger partial charge in [-0.3, -0.25) is 4.79 Å². The first-order valence-corrected chi connectivity index (χ1v) is 6.88. The van der Waals surface area contributed by atoms with Crippen LogP contribution in [0, 0.1) is 5.82 Å². The Labute approximate surface area is 124 Å². The average molecular weight is 286 g/mol. The number of para-hydroxylation sites is 1. The molecule has 0 spiro atoms. The molecule has 1 amide bonds. The maximum Gasteiger partial charge on any atom is 0.260 e. The third-order valence-corrected chi connectivity index (χ3v) is 3.12. The SMILES string of the molecule is CC(C)Nc1ccccc1C(=O)N(C)c1ccc(F)cc1. The Morgan fingerprint density at radius 1 is 1.10 bits per heavy atom. The molecule has 0 saturated carbocycles. The molecule has 0 radical (unpaired) electrons. The number of amides is 1. The number of benzene rings is 2. The van der Waals surface area contributed by atoms with Gasteiger partial charge >= 0.3 is 0 Å². The van der Waals surface area contributed by atoms with Gasteiger partial charge in [0.25, 0.3) is 5.91 Å². The van der Waals surface area contributed by atoms with Crippen LogP contribution in [-0.2, 0) is 0 Å². The van der Waals surface area contributed by atoms with Crippen LogP contribution in [-0.4, -0.2) is 19.0 Å². The van der Waals surface area contributed by atoms with Crippen LogP contribution < -0.4 is 10.2 Å². The zero-order valence-corrected chi connectivity index (χ0v) is 12.4. The molecule has 0 bridgehead atoms. The number of halogens is 1. The van der Waals surface area contributed by atoms with E-state index in [4.69, 9.17) is 0 Å². The number of hydrogen-bond acceptors (Lipinski definition) is 2. The van der Waals surface area contributed by atoms with E-state index < -0.39 is 0 Å². The molecule has 21 heavy (non-hydrogen) atoms. The summed E-state index contributed by atoms with van der Waals surface area (Å²) in [5.74, 6) is -0.452. The van der Waals surface area contributed by atoms with E-state index in [1.54, 1.807) is 25.2 Å². The van der Waals surface area contributed by atoms with Crippen LogP contribution in [0.25, 0.3) is 0 Å². The third kappa shape index (κ3) is 3.60. The highest BCUT2D eigenvalue weighted by atomic mass is 19.1. The van der Waals surface area contributed by atoms with Gasteiger partial charge in [0, 0.05) is 24.5 Å². The molecular weight excluding hydrogens is 267 g/mol. The smallest absolute Gasteiger partial charge is 0.260 e. The molecular formula is C17H19FN2O. The van der Waals surface area contributed by atoms with Crippen molar-refractivity contribution < 1.29 is 9.18 Å². The van der Waals surface area contributed by atoms with Crippen LogP contribution in [0.2, 0.25) is 0 Å². The lowest BCUT2D eigenvalue weighted by Crippen LogP contribution is -2.27. The molecule has 110 valence electrons. The van der Waals surface area contributed by atoms with Crippen LogP contribution in [0.4, 0.5) is 15.8 Å². The minimum atomic E-state index is -0.318. The maximum atomic E-state index is 13.0. The highest BCUT2D eigenvalue weighted by molar-refractivity contribution is 6.09. The predicted molar refractivity (Wildman–Crippen MR) is 84.3 cm³/mol. The fourth-order valence-electron chi connectivity index (χ4n) is 2.07. The molecule has 0 aromatic heterocycles. The maximum absolute atomic E-state index is 13.0. The number of carbonyl (C=O) groups excluding carboxylic acids is 1. The molecule has 1 N–H and O–H groups in total. The van der Waals surface area contributed by atoms with E-state index in [0.29, 0.717) is 11.3 Å². The Morgan fingerprint density at radius 2 is 1.71 bits per heavy atom. The van der Waals surface area contributed by atoms with Crippen molar-refractivity contribution in [3.05, 3.63) is 59.9 Å². The molecule has 0 aliphatic carbocycles. The van der Waals surface area contributed by atoms with Gasteiger partial charge in [-0.25, -0.2) is 4.39 Å². The molecule has 2 rings (SSSR count). The number of anilines is 2. The Bertz CT molecular complexity index is 623. The molecule has 0 aliphatic rings. The second-order valence-corrected chi connectivity index (χ2v) is 5.19. The van der Waals surface area contributed by atoms with Crippen molar-refractivity contribution in [1.82, 2.24) is 0 Å². The molecule has 0 atom stereocenters. The van der Waals surface area contributed by atoms with E-state index in [1.165, 1.54) is 17.0 Å². The monoisotopic (exact) mass is 286 g/mol. The predicted octanol–water partition coefficient (Wildman–Crippen LogP) is 3.92. The first-order valence-electron chi connectivity index (χ1n) is 6.88. The molecule has 2 aromatic carbocycles. The zero-order chi connectivity index (χ0) is 15.4. The van der Waals surface area contributed by atoms with Crippen molar-refractivity contribution in [3.8, 4) is 0 Å². The lowest BCUT2D eigenvalue weighted by molar-refractivity contribution is 0.0993. The van der Waals surface area contributed by atoms with E-state index in [1.807, 2.05) is 32.0 Å². The van der Waals surface area contributed by atoms with Crippen molar-refractivity contribution >= 4 is 17.3 Å². The first kappa shape index (κ1) is 15.0. The fraction of sp³-hybridized carbons (Fsp3) is 0.235. The summed E-state index contributed by atoms with van der Waals surface area (Å²) >= 11 is 0. The van der Waals surface area contributed by atoms with Gasteiger partial charge in [0.15, 0.2) is 0 Å². The van der Waals surface area contributed by atoms with Crippen LogP contribution in [0.5, 0.6) is 0 Å². The summed E-state index contributed by atoms with van der Waals surface area (Å²) in [6.07, 6.45) is 0. The molecule has 0 fully saturated rings. The molecule has 0 unspecified atom stereocenters. The summed E-state index contributed by atoms with van der Waals surface area (Å²) in [5, 5.41) is 3.26. The third-order valence-electron chi connectivity index (χ3n) is 3.12. The molecule has 4 heteroatoms. The Kier molecular flexibility index (Phi) is 4.58. The summed E-state index contributed by atoms with van der Waals surface area (Å²) in [7, 11) is 1.68. The van der Waals surface area contributed by atoms with Gasteiger partial charge in [0.1, 0.15) is 5.82 Å². The van der Waals surface area contributed by atoms with Crippen LogP contribution in [0.3, 0.4) is 0 Å². The highest BCUT2D eigenvalue weighted by Gasteiger charge is 2.17. The van der Waals surface area contributed by atoms with E-state index in [-0.39, 0.29) is 17.8 Å². The summed E-state index contributed by atoms with van der Waals surface area (Å²) in [5.41, 5.74) is 2.05. The van der Waals surface area contributed by atoms with Gasteiger partial charge in [0.2, 0.25) is 0 Å². The number of carbonyl (C=O) groups is 1. The molecule has 0 aliphatic heterocycles. The van der Waals surface area contributed by atoms with Crippen molar-refractivity contribution in [3.63, 3.8) is 0 Å². The van der Waals surface area contributed by atoms with E-state index in [2.05, 4.69) is 5.32 Å². The number of nitrogens with one attached hydrogen (secondary N) is 1. The van der Waals surface area contributed by atoms with Crippen molar-refractivity contribution in [2.24, 2.45) is 0 Å². The molecule has 2 aromatic rings. The van der Waals surface area contributed by atoms with E-state index >= 15 is 0 Å².